The molecule has 0 aromatic rings. The molecule has 10 heteroatoms. The Morgan fingerprint density at radius 3 is 2.62 bits per heavy atom. The molecule has 1 N–H and O–H groups in total. The van der Waals surface area contributed by atoms with E-state index >= 15 is 0 Å². The number of carbonyl (C=O) groups excluding carboxylic acids is 3. The number of aliphatic hydroxyl groups is 1. The second-order valence-corrected chi connectivity index (χ2v) is 12.2. The van der Waals surface area contributed by atoms with Crippen molar-refractivity contribution >= 4 is 17.9 Å². The van der Waals surface area contributed by atoms with Crippen LogP contribution in [0.1, 0.15) is 26.7 Å². The zero-order chi connectivity index (χ0) is 26.6. The molecule has 0 radical (unpaired) electrons. The molecule has 3 fully saturated rings. The number of hydrogen-bond donors (Lipinski definition) is 1. The van der Waals surface area contributed by atoms with E-state index in [4.69, 9.17) is 28.4 Å². The first kappa shape index (κ1) is 23.0. The first-order chi connectivity index (χ1) is 18.8. The summed E-state index contributed by atoms with van der Waals surface area (Å²) in [4.78, 5) is 40.5. The zero-order valence-electron chi connectivity index (χ0n) is 21.5. The number of esters is 3. The topological polar surface area (TPSA) is 127 Å². The van der Waals surface area contributed by atoms with Crippen LogP contribution < -0.4 is 0 Å². The molecule has 3 aliphatic carbocycles. The van der Waals surface area contributed by atoms with Gasteiger partial charge in [-0.1, -0.05) is 6.08 Å². The summed E-state index contributed by atoms with van der Waals surface area (Å²) in [7, 11) is 0. The third kappa shape index (κ3) is 2.33. The van der Waals surface area contributed by atoms with E-state index in [-0.39, 0.29) is 42.7 Å². The van der Waals surface area contributed by atoms with Crippen LogP contribution in [0.3, 0.4) is 0 Å². The van der Waals surface area contributed by atoms with E-state index in [2.05, 4.69) is 6.08 Å². The number of rotatable bonds is 0. The number of ether oxygens (including phenoxy) is 6. The third-order valence-electron chi connectivity index (χ3n) is 11.1. The minimum Gasteiger partial charge on any atom is -0.462 e. The molecule has 0 aromatic heterocycles. The maximum absolute atomic E-state index is 14.0. The summed E-state index contributed by atoms with van der Waals surface area (Å²) in [6, 6.07) is 0. The summed E-state index contributed by atoms with van der Waals surface area (Å²) in [6.07, 6.45) is 0.972. The largest absolute Gasteiger partial charge is 0.462 e. The van der Waals surface area contributed by atoms with Crippen LogP contribution in [-0.2, 0) is 42.8 Å². The minimum atomic E-state index is -1.42. The average molecular weight is 537 g/mol. The summed E-state index contributed by atoms with van der Waals surface area (Å²) in [5, 5.41) is 11.1. The van der Waals surface area contributed by atoms with Crippen LogP contribution in [0.15, 0.2) is 45.6 Å². The molecule has 4 bridgehead atoms. The van der Waals surface area contributed by atoms with Crippen molar-refractivity contribution in [2.75, 3.05) is 19.8 Å². The Morgan fingerprint density at radius 2 is 1.77 bits per heavy atom. The van der Waals surface area contributed by atoms with Crippen LogP contribution >= 0.6 is 0 Å². The second kappa shape index (κ2) is 7.09. The molecule has 3 saturated heterocycles. The molecule has 11 atom stereocenters. The van der Waals surface area contributed by atoms with Gasteiger partial charge in [-0.25, -0.2) is 9.59 Å². The Morgan fingerprint density at radius 1 is 0.949 bits per heavy atom. The fourth-order valence-electron chi connectivity index (χ4n) is 9.87. The van der Waals surface area contributed by atoms with Crippen LogP contribution in [0, 0.1) is 28.6 Å². The monoisotopic (exact) mass is 536 g/mol. The highest BCUT2D eigenvalue weighted by molar-refractivity contribution is 5.98. The van der Waals surface area contributed by atoms with Gasteiger partial charge in [0.2, 0.25) is 0 Å². The van der Waals surface area contributed by atoms with Gasteiger partial charge in [-0.3, -0.25) is 4.79 Å². The fraction of sp³-hybridized carbons (Fsp3) is 0.621. The first-order valence-electron chi connectivity index (χ1n) is 13.9. The molecule has 10 aliphatic rings. The molecule has 10 rings (SSSR count). The highest BCUT2D eigenvalue weighted by atomic mass is 16.6. The Bertz CT molecular complexity index is 1420. The summed E-state index contributed by atoms with van der Waals surface area (Å²) < 4.78 is 36.2. The van der Waals surface area contributed by atoms with E-state index in [9.17, 15) is 19.5 Å². The minimum absolute atomic E-state index is 0.0617. The second-order valence-electron chi connectivity index (χ2n) is 12.2. The van der Waals surface area contributed by atoms with Gasteiger partial charge in [0.05, 0.1) is 48.1 Å². The number of carbonyl (C=O) groups is 3. The lowest BCUT2D eigenvalue weighted by molar-refractivity contribution is -0.298. The maximum Gasteiger partial charge on any atom is 0.337 e. The predicted molar refractivity (Wildman–Crippen MR) is 127 cm³/mol. The standard InChI is InChI=1S/C29H28O10/c1-10-17-14-4-6-35-27(33)29(14)22(37-10)20-15-7-16-19-13(3-5-34-24(19)30)28(15,11(2)38-16)8-12-9-36-25(31)21(18(12)20)23(29)39-26(17)32/h4,8,10-11,15-17,20,22-23,26,32H,3,5-7,9H2,1-2H3/t10?,11?,15-,16+,17-,20-,22-,23+,26-,28+,29+/m0/s1. The van der Waals surface area contributed by atoms with E-state index in [1.165, 1.54) is 0 Å². The van der Waals surface area contributed by atoms with Crippen LogP contribution in [0.25, 0.3) is 0 Å². The van der Waals surface area contributed by atoms with Gasteiger partial charge in [0.15, 0.2) is 6.29 Å². The van der Waals surface area contributed by atoms with Gasteiger partial charge in [-0.15, -0.1) is 0 Å². The normalized spacial score (nSPS) is 50.4. The Labute approximate surface area is 223 Å². The molecular formula is C29H28O10. The lowest BCUT2D eigenvalue weighted by Gasteiger charge is -2.67. The zero-order valence-corrected chi connectivity index (χ0v) is 21.5. The van der Waals surface area contributed by atoms with E-state index in [1.54, 1.807) is 0 Å². The van der Waals surface area contributed by atoms with Crippen LogP contribution in [0.5, 0.6) is 0 Å². The van der Waals surface area contributed by atoms with Gasteiger partial charge in [-0.2, -0.15) is 0 Å². The molecule has 0 saturated carbocycles. The smallest absolute Gasteiger partial charge is 0.337 e. The van der Waals surface area contributed by atoms with Gasteiger partial charge in [0.25, 0.3) is 0 Å². The van der Waals surface area contributed by atoms with Crippen molar-refractivity contribution in [1.29, 1.82) is 0 Å². The predicted octanol–water partition coefficient (Wildman–Crippen LogP) is 1.04. The van der Waals surface area contributed by atoms with Gasteiger partial charge in [-0.05, 0) is 54.6 Å². The molecule has 0 aromatic carbocycles. The lowest BCUT2D eigenvalue weighted by atomic mass is 9.43. The fourth-order valence-corrected chi connectivity index (χ4v) is 9.87. The Hall–Kier alpha value is -2.79. The van der Waals surface area contributed by atoms with Crippen LogP contribution in [0.2, 0.25) is 0 Å². The van der Waals surface area contributed by atoms with Crippen molar-refractivity contribution < 1.29 is 47.9 Å². The Kier molecular flexibility index (Phi) is 4.18. The average Bonchev–Trinajstić information content (AvgIpc) is 2.90. The molecule has 7 aliphatic heterocycles. The van der Waals surface area contributed by atoms with Crippen molar-refractivity contribution in [3.8, 4) is 0 Å². The summed E-state index contributed by atoms with van der Waals surface area (Å²) in [5.74, 6) is -2.42. The Balaban J connectivity index is 1.37. The van der Waals surface area contributed by atoms with E-state index in [0.29, 0.717) is 25.0 Å². The molecule has 10 nitrogen and oxygen atoms in total. The molecule has 39 heavy (non-hydrogen) atoms. The maximum atomic E-state index is 14.0. The number of aliphatic hydroxyl groups excluding tert-OH is 1. The molecular weight excluding hydrogens is 508 g/mol. The number of cyclic esters (lactones) is 3. The quantitative estimate of drug-likeness (QED) is 0.273. The van der Waals surface area contributed by atoms with E-state index in [1.807, 2.05) is 19.9 Å². The third-order valence-corrected chi connectivity index (χ3v) is 11.1. The number of hydrogen-bond acceptors (Lipinski definition) is 10. The van der Waals surface area contributed by atoms with Crippen molar-refractivity contribution in [2.45, 2.75) is 63.5 Å². The molecule has 2 spiro atoms. The molecule has 0 amide bonds. The van der Waals surface area contributed by atoms with E-state index < -0.39 is 59.4 Å². The molecule has 204 valence electrons. The van der Waals surface area contributed by atoms with Gasteiger partial charge < -0.3 is 33.5 Å². The first-order valence-corrected chi connectivity index (χ1v) is 13.9. The highest BCUT2D eigenvalue weighted by Gasteiger charge is 2.76. The van der Waals surface area contributed by atoms with Crippen molar-refractivity contribution in [3.63, 3.8) is 0 Å². The molecule has 2 unspecified atom stereocenters. The number of fused-ring (bicyclic) bond motifs is 3. The van der Waals surface area contributed by atoms with Crippen molar-refractivity contribution in [1.82, 2.24) is 0 Å². The summed E-state index contributed by atoms with van der Waals surface area (Å²) in [5.41, 5.74) is 2.19. The van der Waals surface area contributed by atoms with Gasteiger partial charge in [0, 0.05) is 17.8 Å². The lowest BCUT2D eigenvalue weighted by Crippen LogP contribution is -2.74. The van der Waals surface area contributed by atoms with Crippen molar-refractivity contribution in [2.24, 2.45) is 28.6 Å². The SMILES string of the molecule is CC1O[C@H]2[C@@H]3C4=C(C(=O)OCC4=C[C@@]45C6=C(C(=O)OCC6)[C@@H](C[C@@H]34)OC5C)[C@H]3O[C@H](O)[C@@H]1C1=CCOC(=O)[C@@]132. The van der Waals surface area contributed by atoms with Gasteiger partial charge >= 0.3 is 17.9 Å². The molecule has 7 heterocycles. The van der Waals surface area contributed by atoms with Crippen LogP contribution in [0.4, 0.5) is 0 Å². The highest BCUT2D eigenvalue weighted by Crippen LogP contribution is 2.70. The summed E-state index contributed by atoms with van der Waals surface area (Å²) >= 11 is 0. The van der Waals surface area contributed by atoms with Crippen molar-refractivity contribution in [3.05, 3.63) is 45.6 Å². The van der Waals surface area contributed by atoms with E-state index in [0.717, 1.165) is 22.3 Å². The summed E-state index contributed by atoms with van der Waals surface area (Å²) in [6.45, 7) is 4.39. The van der Waals surface area contributed by atoms with Crippen LogP contribution in [-0.4, -0.2) is 79.6 Å². The van der Waals surface area contributed by atoms with Gasteiger partial charge in [0.1, 0.15) is 24.7 Å².